The van der Waals surface area contributed by atoms with Gasteiger partial charge >= 0.3 is 0 Å². The number of hydrogen-bond acceptors (Lipinski definition) is 3. The summed E-state index contributed by atoms with van der Waals surface area (Å²) in [5.41, 5.74) is 22.8. The second-order valence-corrected chi connectivity index (χ2v) is 18.4. The minimum atomic E-state index is -0.0908. The Labute approximate surface area is 412 Å². The quantitative estimate of drug-likeness (QED) is 0.120. The van der Waals surface area contributed by atoms with Crippen molar-refractivity contribution >= 4 is 63.3 Å². The Hall–Kier alpha value is -8.66. The van der Waals surface area contributed by atoms with Crippen LogP contribution in [0.2, 0.25) is 0 Å². The third kappa shape index (κ3) is 7.39. The van der Waals surface area contributed by atoms with Gasteiger partial charge in [-0.05, 0) is 148 Å². The molecule has 0 N–H and O–H groups in total. The second kappa shape index (κ2) is 18.1. The molecule has 0 spiro atoms. The van der Waals surface area contributed by atoms with E-state index < -0.39 is 0 Å². The summed E-state index contributed by atoms with van der Waals surface area (Å²) in [4.78, 5) is 7.21. The van der Waals surface area contributed by atoms with E-state index in [0.29, 0.717) is 0 Å². The van der Waals surface area contributed by atoms with Crippen molar-refractivity contribution in [1.29, 1.82) is 0 Å². The van der Waals surface area contributed by atoms with Gasteiger partial charge in [-0.1, -0.05) is 190 Å². The molecule has 1 aliphatic carbocycles. The van der Waals surface area contributed by atoms with Crippen molar-refractivity contribution < 1.29 is 0 Å². The molecule has 12 rings (SSSR count). The van der Waals surface area contributed by atoms with Crippen LogP contribution in [0.3, 0.4) is 0 Å². The van der Waals surface area contributed by atoms with Crippen molar-refractivity contribution in [2.24, 2.45) is 0 Å². The van der Waals surface area contributed by atoms with Gasteiger partial charge < -0.3 is 14.7 Å². The largest absolute Gasteiger partial charge is 0.310 e. The lowest BCUT2D eigenvalue weighted by Crippen LogP contribution is -2.24. The number of benzene rings is 10. The average molecular weight is 900 g/mol. The molecule has 70 heavy (non-hydrogen) atoms. The van der Waals surface area contributed by atoms with E-state index in [1.165, 1.54) is 50.2 Å². The van der Waals surface area contributed by atoms with Crippen molar-refractivity contribution in [2.75, 3.05) is 14.7 Å². The molecule has 0 radical (unpaired) electrons. The lowest BCUT2D eigenvalue weighted by Gasteiger charge is -2.41. The summed E-state index contributed by atoms with van der Waals surface area (Å²) in [5.74, 6) is 0. The summed E-state index contributed by atoms with van der Waals surface area (Å²) in [5, 5.41) is 0. The molecule has 0 atom stereocenters. The van der Waals surface area contributed by atoms with Gasteiger partial charge in [0.05, 0.1) is 28.4 Å². The van der Waals surface area contributed by atoms with E-state index in [-0.39, 0.29) is 5.41 Å². The van der Waals surface area contributed by atoms with Crippen LogP contribution < -0.4 is 14.7 Å². The van der Waals surface area contributed by atoms with Crippen LogP contribution in [0.1, 0.15) is 48.9 Å². The molecule has 0 bridgehead atoms. The summed E-state index contributed by atoms with van der Waals surface area (Å²) >= 11 is 0. The van der Waals surface area contributed by atoms with Gasteiger partial charge in [-0.15, -0.1) is 0 Å². The number of anilines is 9. The zero-order chi connectivity index (χ0) is 47.0. The maximum atomic E-state index is 2.46. The standard InChI is InChI=1S/C67H53N3/c1-3-67(4-2)60-45-49(37-42-57(60)58-43-41-56(47-61(58)67)68(53-23-11-6-12-24-53)54-25-13-7-14-26-54)34-33-48-35-38-51(39-36-48)59-46-52(50-21-9-5-10-22-50)40-44-62(59)70-65-31-19-17-29-63(65)69(55-27-15-8-16-28-55)64-30-18-20-32-66(64)70/h5-47H,3-4H2,1-2H3/b34-33+. The highest BCUT2D eigenvalue weighted by molar-refractivity contribution is 6.04. The molecule has 1 aliphatic heterocycles. The first-order chi connectivity index (χ1) is 34.6. The van der Waals surface area contributed by atoms with Crippen LogP contribution in [0, 0.1) is 0 Å². The SMILES string of the molecule is CCC1(CC)c2cc(/C=C/c3ccc(-c4cc(-c5ccccc5)ccc4N4c5ccccc5N(c5ccccc5)c5ccccc54)cc3)ccc2-c2ccc(N(c3ccccc3)c3ccccc3)cc21. The van der Waals surface area contributed by atoms with Gasteiger partial charge in [-0.3, -0.25) is 0 Å². The Morgan fingerprint density at radius 2 is 0.814 bits per heavy atom. The normalized spacial score (nSPS) is 13.1. The van der Waals surface area contributed by atoms with Crippen LogP contribution in [0.25, 0.3) is 45.5 Å². The average Bonchev–Trinajstić information content (AvgIpc) is 3.71. The molecule has 0 unspecified atom stereocenters. The minimum Gasteiger partial charge on any atom is -0.310 e. The molecular formula is C67H53N3. The Morgan fingerprint density at radius 3 is 1.40 bits per heavy atom. The lowest BCUT2D eigenvalue weighted by atomic mass is 9.73. The van der Waals surface area contributed by atoms with Crippen molar-refractivity contribution in [3.05, 3.63) is 271 Å². The fourth-order valence-corrected chi connectivity index (χ4v) is 11.2. The molecule has 3 heteroatoms. The van der Waals surface area contributed by atoms with Crippen molar-refractivity contribution in [3.63, 3.8) is 0 Å². The number of para-hydroxylation sites is 7. The summed E-state index contributed by atoms with van der Waals surface area (Å²) in [6.45, 7) is 4.71. The third-order valence-electron chi connectivity index (χ3n) is 14.6. The molecule has 336 valence electrons. The molecule has 0 aromatic heterocycles. The highest BCUT2D eigenvalue weighted by atomic mass is 15.3. The van der Waals surface area contributed by atoms with Crippen LogP contribution >= 0.6 is 0 Å². The van der Waals surface area contributed by atoms with Crippen molar-refractivity contribution in [3.8, 4) is 33.4 Å². The van der Waals surface area contributed by atoms with Gasteiger partial charge in [0.2, 0.25) is 0 Å². The van der Waals surface area contributed by atoms with Gasteiger partial charge in [0.25, 0.3) is 0 Å². The molecule has 0 saturated carbocycles. The van der Waals surface area contributed by atoms with E-state index in [9.17, 15) is 0 Å². The first-order valence-corrected chi connectivity index (χ1v) is 24.6. The number of fused-ring (bicyclic) bond motifs is 5. The third-order valence-corrected chi connectivity index (χ3v) is 14.6. The highest BCUT2D eigenvalue weighted by Gasteiger charge is 2.41. The molecular weight excluding hydrogens is 847 g/mol. The Kier molecular flexibility index (Phi) is 11.0. The van der Waals surface area contributed by atoms with E-state index in [2.05, 4.69) is 289 Å². The number of hydrogen-bond donors (Lipinski definition) is 0. The molecule has 10 aromatic carbocycles. The summed E-state index contributed by atoms with van der Waals surface area (Å²) in [6, 6.07) is 90.6. The molecule has 10 aromatic rings. The predicted octanol–water partition coefficient (Wildman–Crippen LogP) is 19.0. The topological polar surface area (TPSA) is 9.72 Å². The maximum absolute atomic E-state index is 2.46. The smallest absolute Gasteiger partial charge is 0.0703 e. The van der Waals surface area contributed by atoms with Crippen molar-refractivity contribution in [2.45, 2.75) is 32.1 Å². The van der Waals surface area contributed by atoms with Gasteiger partial charge in [0.1, 0.15) is 0 Å². The summed E-state index contributed by atoms with van der Waals surface area (Å²) in [7, 11) is 0. The molecule has 3 nitrogen and oxygen atoms in total. The van der Waals surface area contributed by atoms with Crippen LogP contribution in [0.15, 0.2) is 249 Å². The van der Waals surface area contributed by atoms with Crippen LogP contribution in [-0.4, -0.2) is 0 Å². The van der Waals surface area contributed by atoms with E-state index in [1.54, 1.807) is 0 Å². The Balaban J connectivity index is 0.891. The van der Waals surface area contributed by atoms with Gasteiger partial charge in [0, 0.05) is 33.7 Å². The molecule has 0 saturated heterocycles. The van der Waals surface area contributed by atoms with Crippen LogP contribution in [-0.2, 0) is 5.41 Å². The fourth-order valence-electron chi connectivity index (χ4n) is 11.2. The van der Waals surface area contributed by atoms with Gasteiger partial charge in [-0.2, -0.15) is 0 Å². The number of rotatable bonds is 11. The van der Waals surface area contributed by atoms with Gasteiger partial charge in [0.15, 0.2) is 0 Å². The summed E-state index contributed by atoms with van der Waals surface area (Å²) < 4.78 is 0. The Morgan fingerprint density at radius 1 is 0.343 bits per heavy atom. The lowest BCUT2D eigenvalue weighted by molar-refractivity contribution is 0.490. The fraction of sp³-hybridized carbons (Fsp3) is 0.0746. The Bertz CT molecular complexity index is 3420. The summed E-state index contributed by atoms with van der Waals surface area (Å²) in [6.07, 6.45) is 6.59. The molecule has 0 fully saturated rings. The first-order valence-electron chi connectivity index (χ1n) is 24.6. The first kappa shape index (κ1) is 42.7. The van der Waals surface area contributed by atoms with E-state index in [4.69, 9.17) is 0 Å². The minimum absolute atomic E-state index is 0.0908. The van der Waals surface area contributed by atoms with E-state index >= 15 is 0 Å². The van der Waals surface area contributed by atoms with E-state index in [1.807, 2.05) is 0 Å². The molecule has 2 aliphatic rings. The van der Waals surface area contributed by atoms with Crippen LogP contribution in [0.4, 0.5) is 51.2 Å². The molecule has 1 heterocycles. The zero-order valence-electron chi connectivity index (χ0n) is 39.6. The second-order valence-electron chi connectivity index (χ2n) is 18.4. The monoisotopic (exact) mass is 899 g/mol. The van der Waals surface area contributed by atoms with E-state index in [0.717, 1.165) is 69.5 Å². The zero-order valence-corrected chi connectivity index (χ0v) is 39.6. The van der Waals surface area contributed by atoms with Crippen molar-refractivity contribution in [1.82, 2.24) is 0 Å². The number of nitrogens with zero attached hydrogens (tertiary/aromatic N) is 3. The van der Waals surface area contributed by atoms with Gasteiger partial charge in [-0.25, -0.2) is 0 Å². The molecule has 0 amide bonds. The highest BCUT2D eigenvalue weighted by Crippen LogP contribution is 2.57. The predicted molar refractivity (Wildman–Crippen MR) is 297 cm³/mol. The maximum Gasteiger partial charge on any atom is 0.0703 e. The van der Waals surface area contributed by atoms with Crippen LogP contribution in [0.5, 0.6) is 0 Å².